The van der Waals surface area contributed by atoms with Crippen LogP contribution in [0.15, 0.2) is 65.7 Å². The molecular formula is C22H23N3O2. The molecular weight excluding hydrogens is 338 g/mol. The van der Waals surface area contributed by atoms with E-state index in [4.69, 9.17) is 15.2 Å². The van der Waals surface area contributed by atoms with Gasteiger partial charge in [-0.25, -0.2) is 4.99 Å². The van der Waals surface area contributed by atoms with Crippen LogP contribution in [0.4, 0.5) is 0 Å². The topological polar surface area (TPSA) is 68.9 Å². The Bertz CT molecular complexity index is 984. The lowest BCUT2D eigenvalue weighted by molar-refractivity contribution is 0.262. The van der Waals surface area contributed by atoms with Crippen LogP contribution in [0.25, 0.3) is 10.8 Å². The number of para-hydroxylation sites is 1. The average molecular weight is 361 g/mol. The predicted octanol–water partition coefficient (Wildman–Crippen LogP) is 3.78. The van der Waals surface area contributed by atoms with E-state index in [0.717, 1.165) is 39.8 Å². The molecule has 0 aromatic heterocycles. The van der Waals surface area contributed by atoms with Gasteiger partial charge in [-0.1, -0.05) is 36.4 Å². The molecule has 0 fully saturated rings. The third-order valence-electron chi connectivity index (χ3n) is 4.82. The van der Waals surface area contributed by atoms with Crippen LogP contribution in [0, 0.1) is 0 Å². The maximum atomic E-state index is 6.14. The molecule has 0 spiro atoms. The Hall–Kier alpha value is -3.21. The molecule has 1 heterocycles. The number of rotatable bonds is 4. The summed E-state index contributed by atoms with van der Waals surface area (Å²) in [5.74, 6) is 2.23. The molecule has 0 saturated carbocycles. The number of ether oxygens (including phenoxy) is 2. The van der Waals surface area contributed by atoms with E-state index >= 15 is 0 Å². The standard InChI is InChI=1S/C22H23N3O2/c1-26-18-9-8-16-12-15(6-7-17(16)13-18)14-24-22(23)25-20-10-11-27-21-5-3-2-4-19(20)21/h2-9,12-13,20H,10-11,14H2,1H3,(H3,23,24,25). The zero-order valence-corrected chi connectivity index (χ0v) is 15.3. The highest BCUT2D eigenvalue weighted by Crippen LogP contribution is 2.31. The Balaban J connectivity index is 1.46. The molecule has 0 aliphatic carbocycles. The fourth-order valence-electron chi connectivity index (χ4n) is 3.39. The highest BCUT2D eigenvalue weighted by atomic mass is 16.5. The Morgan fingerprint density at radius 1 is 1.15 bits per heavy atom. The highest BCUT2D eigenvalue weighted by Gasteiger charge is 2.21. The van der Waals surface area contributed by atoms with Gasteiger partial charge in [0.05, 0.1) is 26.3 Å². The van der Waals surface area contributed by atoms with Gasteiger partial charge in [0.25, 0.3) is 0 Å². The van der Waals surface area contributed by atoms with Crippen molar-refractivity contribution in [2.24, 2.45) is 10.7 Å². The van der Waals surface area contributed by atoms with Crippen LogP contribution in [0.2, 0.25) is 0 Å². The third-order valence-corrected chi connectivity index (χ3v) is 4.82. The summed E-state index contributed by atoms with van der Waals surface area (Å²) in [6.45, 7) is 1.21. The molecule has 3 aromatic rings. The van der Waals surface area contributed by atoms with Crippen molar-refractivity contribution in [3.8, 4) is 11.5 Å². The molecule has 1 aliphatic heterocycles. The van der Waals surface area contributed by atoms with Crippen LogP contribution in [-0.4, -0.2) is 19.7 Å². The van der Waals surface area contributed by atoms with E-state index in [-0.39, 0.29) is 6.04 Å². The number of nitrogens with one attached hydrogen (secondary N) is 1. The van der Waals surface area contributed by atoms with E-state index in [9.17, 15) is 0 Å². The van der Waals surface area contributed by atoms with Gasteiger partial charge < -0.3 is 20.5 Å². The van der Waals surface area contributed by atoms with E-state index in [0.29, 0.717) is 19.1 Å². The van der Waals surface area contributed by atoms with Gasteiger partial charge in [0.2, 0.25) is 0 Å². The molecule has 1 unspecified atom stereocenters. The Morgan fingerprint density at radius 3 is 2.85 bits per heavy atom. The first-order valence-electron chi connectivity index (χ1n) is 9.08. The lowest BCUT2D eigenvalue weighted by Crippen LogP contribution is -2.37. The smallest absolute Gasteiger partial charge is 0.189 e. The zero-order valence-electron chi connectivity index (χ0n) is 15.3. The van der Waals surface area contributed by atoms with Crippen LogP contribution < -0.4 is 20.5 Å². The number of methoxy groups -OCH3 is 1. The van der Waals surface area contributed by atoms with Crippen molar-refractivity contribution in [3.05, 3.63) is 71.8 Å². The lowest BCUT2D eigenvalue weighted by Gasteiger charge is -2.26. The Kier molecular flexibility index (Phi) is 4.83. The van der Waals surface area contributed by atoms with Crippen molar-refractivity contribution in [2.45, 2.75) is 19.0 Å². The molecule has 1 atom stereocenters. The fourth-order valence-corrected chi connectivity index (χ4v) is 3.39. The van der Waals surface area contributed by atoms with Crippen molar-refractivity contribution in [3.63, 3.8) is 0 Å². The van der Waals surface area contributed by atoms with Gasteiger partial charge in [0.1, 0.15) is 11.5 Å². The molecule has 0 amide bonds. The summed E-state index contributed by atoms with van der Waals surface area (Å²) >= 11 is 0. The van der Waals surface area contributed by atoms with E-state index in [2.05, 4.69) is 40.6 Å². The van der Waals surface area contributed by atoms with E-state index in [1.807, 2.05) is 30.3 Å². The SMILES string of the molecule is COc1ccc2cc(CN=C(N)NC3CCOc4ccccc43)ccc2c1. The molecule has 0 radical (unpaired) electrons. The maximum Gasteiger partial charge on any atom is 0.189 e. The van der Waals surface area contributed by atoms with Crippen LogP contribution in [0.1, 0.15) is 23.6 Å². The molecule has 3 N–H and O–H groups in total. The number of hydrogen-bond acceptors (Lipinski definition) is 3. The minimum atomic E-state index is 0.128. The monoisotopic (exact) mass is 361 g/mol. The summed E-state index contributed by atoms with van der Waals surface area (Å²) in [6.07, 6.45) is 0.866. The minimum absolute atomic E-state index is 0.128. The molecule has 3 aromatic carbocycles. The molecule has 5 nitrogen and oxygen atoms in total. The van der Waals surface area contributed by atoms with Crippen LogP contribution in [-0.2, 0) is 6.54 Å². The first-order valence-corrected chi connectivity index (χ1v) is 9.08. The Morgan fingerprint density at radius 2 is 1.96 bits per heavy atom. The highest BCUT2D eigenvalue weighted by molar-refractivity contribution is 5.84. The number of aliphatic imine (C=N–C) groups is 1. The maximum absolute atomic E-state index is 6.14. The predicted molar refractivity (Wildman–Crippen MR) is 108 cm³/mol. The number of guanidine groups is 1. The van der Waals surface area contributed by atoms with Gasteiger partial charge in [-0.05, 0) is 40.6 Å². The molecule has 27 heavy (non-hydrogen) atoms. The number of benzene rings is 3. The molecule has 1 aliphatic rings. The molecule has 0 saturated heterocycles. The summed E-state index contributed by atoms with van der Waals surface area (Å²) in [5.41, 5.74) is 8.38. The van der Waals surface area contributed by atoms with Crippen molar-refractivity contribution in [1.29, 1.82) is 0 Å². The first kappa shape index (κ1) is 17.2. The summed E-state index contributed by atoms with van der Waals surface area (Å²) in [4.78, 5) is 4.52. The fraction of sp³-hybridized carbons (Fsp3) is 0.227. The van der Waals surface area contributed by atoms with Gasteiger partial charge >= 0.3 is 0 Å². The second kappa shape index (κ2) is 7.58. The van der Waals surface area contributed by atoms with E-state index in [1.165, 1.54) is 0 Å². The molecule has 5 heteroatoms. The molecule has 4 rings (SSSR count). The second-order valence-electron chi connectivity index (χ2n) is 6.62. The lowest BCUT2D eigenvalue weighted by atomic mass is 10.0. The summed E-state index contributed by atoms with van der Waals surface area (Å²) in [6, 6.07) is 20.5. The third kappa shape index (κ3) is 3.82. The van der Waals surface area contributed by atoms with Gasteiger partial charge in [-0.15, -0.1) is 0 Å². The Labute approximate surface area is 158 Å². The molecule has 0 bridgehead atoms. The van der Waals surface area contributed by atoms with Gasteiger partial charge in [-0.3, -0.25) is 0 Å². The van der Waals surface area contributed by atoms with E-state index < -0.39 is 0 Å². The summed E-state index contributed by atoms with van der Waals surface area (Å²) in [5, 5.41) is 5.63. The van der Waals surface area contributed by atoms with Gasteiger partial charge in [-0.2, -0.15) is 0 Å². The number of nitrogens with zero attached hydrogens (tertiary/aromatic N) is 1. The van der Waals surface area contributed by atoms with Crippen molar-refractivity contribution < 1.29 is 9.47 Å². The summed E-state index contributed by atoms with van der Waals surface area (Å²) < 4.78 is 11.0. The van der Waals surface area contributed by atoms with Gasteiger partial charge in [0.15, 0.2) is 5.96 Å². The first-order chi connectivity index (χ1) is 13.2. The quantitative estimate of drug-likeness (QED) is 0.548. The zero-order chi connectivity index (χ0) is 18.6. The van der Waals surface area contributed by atoms with Crippen LogP contribution in [0.3, 0.4) is 0 Å². The second-order valence-corrected chi connectivity index (χ2v) is 6.62. The van der Waals surface area contributed by atoms with Crippen LogP contribution in [0.5, 0.6) is 11.5 Å². The van der Waals surface area contributed by atoms with E-state index in [1.54, 1.807) is 7.11 Å². The van der Waals surface area contributed by atoms with Crippen LogP contribution >= 0.6 is 0 Å². The van der Waals surface area contributed by atoms with Crippen molar-refractivity contribution in [2.75, 3.05) is 13.7 Å². The number of fused-ring (bicyclic) bond motifs is 2. The summed E-state index contributed by atoms with van der Waals surface area (Å²) in [7, 11) is 1.68. The van der Waals surface area contributed by atoms with Gasteiger partial charge in [0, 0.05) is 12.0 Å². The van der Waals surface area contributed by atoms with Crippen molar-refractivity contribution in [1.82, 2.24) is 5.32 Å². The largest absolute Gasteiger partial charge is 0.497 e. The normalized spacial score (nSPS) is 16.5. The minimum Gasteiger partial charge on any atom is -0.497 e. The molecule has 138 valence electrons. The average Bonchev–Trinajstić information content (AvgIpc) is 2.72. The number of hydrogen-bond donors (Lipinski definition) is 2. The van der Waals surface area contributed by atoms with Crippen molar-refractivity contribution >= 4 is 16.7 Å². The number of nitrogens with two attached hydrogens (primary N) is 1.